The third kappa shape index (κ3) is 3.90. The van der Waals surface area contributed by atoms with Gasteiger partial charge in [-0.05, 0) is 56.3 Å². The molecule has 0 saturated heterocycles. The van der Waals surface area contributed by atoms with Crippen LogP contribution in [-0.4, -0.2) is 11.1 Å². The summed E-state index contributed by atoms with van der Waals surface area (Å²) in [7, 11) is 0. The quantitative estimate of drug-likeness (QED) is 0.533. The first kappa shape index (κ1) is 16.6. The van der Waals surface area contributed by atoms with E-state index in [0.717, 1.165) is 37.5 Å². The molecule has 0 radical (unpaired) electrons. The van der Waals surface area contributed by atoms with Gasteiger partial charge in [-0.1, -0.05) is 51.2 Å². The van der Waals surface area contributed by atoms with Crippen molar-refractivity contribution in [2.45, 2.75) is 72.1 Å². The van der Waals surface area contributed by atoms with Gasteiger partial charge >= 0.3 is 5.97 Å². The number of hydrogen-bond donors (Lipinski definition) is 1. The number of carboxylic acids is 1. The molecule has 2 aliphatic rings. The van der Waals surface area contributed by atoms with Crippen LogP contribution in [0, 0.1) is 29.6 Å². The van der Waals surface area contributed by atoms with Crippen LogP contribution >= 0.6 is 0 Å². The minimum atomic E-state index is -0.555. The SMILES string of the molecule is CCCCC[C@H](C(=O)O)[C@@H]1CC[C@@H](C)[C@@H]2CCC(C)=C[C@@H]21. The van der Waals surface area contributed by atoms with Crippen molar-refractivity contribution >= 4 is 5.97 Å². The maximum Gasteiger partial charge on any atom is 0.306 e. The monoisotopic (exact) mass is 292 g/mol. The Bertz CT molecular complexity index is 385. The van der Waals surface area contributed by atoms with Gasteiger partial charge in [0.2, 0.25) is 0 Å². The zero-order chi connectivity index (χ0) is 15.4. The van der Waals surface area contributed by atoms with E-state index in [4.69, 9.17) is 0 Å². The van der Waals surface area contributed by atoms with Crippen molar-refractivity contribution in [3.05, 3.63) is 11.6 Å². The fraction of sp³-hybridized carbons (Fsp3) is 0.842. The van der Waals surface area contributed by atoms with E-state index in [9.17, 15) is 9.90 Å². The van der Waals surface area contributed by atoms with Crippen LogP contribution in [0.4, 0.5) is 0 Å². The highest BCUT2D eigenvalue weighted by Gasteiger charge is 2.42. The summed E-state index contributed by atoms with van der Waals surface area (Å²) in [6.45, 7) is 6.77. The fourth-order valence-corrected chi connectivity index (χ4v) is 4.69. The Morgan fingerprint density at radius 3 is 2.76 bits per heavy atom. The van der Waals surface area contributed by atoms with Crippen molar-refractivity contribution in [3.8, 4) is 0 Å². The van der Waals surface area contributed by atoms with E-state index in [1.54, 1.807) is 0 Å². The molecule has 0 heterocycles. The summed E-state index contributed by atoms with van der Waals surface area (Å²) in [5.41, 5.74) is 1.48. The highest BCUT2D eigenvalue weighted by Crippen LogP contribution is 2.48. The Labute approximate surface area is 130 Å². The van der Waals surface area contributed by atoms with Gasteiger partial charge in [-0.25, -0.2) is 0 Å². The van der Waals surface area contributed by atoms with Gasteiger partial charge in [-0.2, -0.15) is 0 Å². The lowest BCUT2D eigenvalue weighted by Gasteiger charge is -2.45. The van der Waals surface area contributed by atoms with E-state index in [-0.39, 0.29) is 5.92 Å². The van der Waals surface area contributed by atoms with E-state index >= 15 is 0 Å². The number of carbonyl (C=O) groups is 1. The van der Waals surface area contributed by atoms with E-state index < -0.39 is 5.97 Å². The van der Waals surface area contributed by atoms with E-state index in [1.807, 2.05) is 0 Å². The zero-order valence-corrected chi connectivity index (χ0v) is 14.0. The molecule has 0 aliphatic heterocycles. The normalized spacial score (nSPS) is 34.0. The summed E-state index contributed by atoms with van der Waals surface area (Å²) < 4.78 is 0. The Kier molecular flexibility index (Phi) is 5.89. The average molecular weight is 292 g/mol. The molecule has 21 heavy (non-hydrogen) atoms. The molecule has 5 atom stereocenters. The number of fused-ring (bicyclic) bond motifs is 1. The second-order valence-electron chi connectivity index (χ2n) is 7.45. The molecule has 1 fully saturated rings. The third-order valence-electron chi connectivity index (χ3n) is 5.98. The van der Waals surface area contributed by atoms with Gasteiger partial charge in [-0.15, -0.1) is 0 Å². The number of rotatable bonds is 6. The van der Waals surface area contributed by atoms with Crippen LogP contribution in [0.1, 0.15) is 72.1 Å². The fourth-order valence-electron chi connectivity index (χ4n) is 4.69. The average Bonchev–Trinajstić information content (AvgIpc) is 2.44. The van der Waals surface area contributed by atoms with E-state index in [2.05, 4.69) is 26.8 Å². The first-order chi connectivity index (χ1) is 10.0. The highest BCUT2D eigenvalue weighted by molar-refractivity contribution is 5.70. The van der Waals surface area contributed by atoms with Gasteiger partial charge in [0.25, 0.3) is 0 Å². The number of hydrogen-bond acceptors (Lipinski definition) is 1. The lowest BCUT2D eigenvalue weighted by atomic mass is 9.59. The Morgan fingerprint density at radius 2 is 2.10 bits per heavy atom. The van der Waals surface area contributed by atoms with Crippen LogP contribution in [0.2, 0.25) is 0 Å². The summed E-state index contributed by atoms with van der Waals surface area (Å²) in [6, 6.07) is 0. The first-order valence-corrected chi connectivity index (χ1v) is 8.94. The summed E-state index contributed by atoms with van der Waals surface area (Å²) in [5, 5.41) is 9.73. The van der Waals surface area contributed by atoms with Crippen molar-refractivity contribution in [2.24, 2.45) is 29.6 Å². The van der Waals surface area contributed by atoms with Gasteiger partial charge in [-0.3, -0.25) is 4.79 Å². The zero-order valence-electron chi connectivity index (χ0n) is 14.0. The molecule has 120 valence electrons. The van der Waals surface area contributed by atoms with Crippen LogP contribution in [0.25, 0.3) is 0 Å². The topological polar surface area (TPSA) is 37.3 Å². The summed E-state index contributed by atoms with van der Waals surface area (Å²) in [4.78, 5) is 11.8. The lowest BCUT2D eigenvalue weighted by Crippen LogP contribution is -2.40. The van der Waals surface area contributed by atoms with Gasteiger partial charge in [0.15, 0.2) is 0 Å². The van der Waals surface area contributed by atoms with Gasteiger partial charge in [0.1, 0.15) is 0 Å². The number of aliphatic carboxylic acids is 1. The highest BCUT2D eigenvalue weighted by atomic mass is 16.4. The Hall–Kier alpha value is -0.790. The maximum absolute atomic E-state index is 11.8. The van der Waals surface area contributed by atoms with Crippen molar-refractivity contribution in [1.29, 1.82) is 0 Å². The molecule has 0 aromatic rings. The van der Waals surface area contributed by atoms with Crippen molar-refractivity contribution in [3.63, 3.8) is 0 Å². The number of allylic oxidation sites excluding steroid dienone is 2. The minimum absolute atomic E-state index is 0.126. The van der Waals surface area contributed by atoms with E-state index in [1.165, 1.54) is 31.3 Å². The van der Waals surface area contributed by atoms with Crippen molar-refractivity contribution in [1.82, 2.24) is 0 Å². The largest absolute Gasteiger partial charge is 0.481 e. The predicted octanol–water partition coefficient (Wildman–Crippen LogP) is 5.29. The minimum Gasteiger partial charge on any atom is -0.481 e. The number of carboxylic acid groups (broad SMARTS) is 1. The number of unbranched alkanes of at least 4 members (excludes halogenated alkanes) is 2. The summed E-state index contributed by atoms with van der Waals surface area (Å²) in [5.74, 6) is 1.70. The van der Waals surface area contributed by atoms with Crippen LogP contribution in [0.5, 0.6) is 0 Å². The van der Waals surface area contributed by atoms with Crippen molar-refractivity contribution in [2.75, 3.05) is 0 Å². The molecule has 0 aromatic carbocycles. The smallest absolute Gasteiger partial charge is 0.306 e. The summed E-state index contributed by atoms with van der Waals surface area (Å²) in [6.07, 6.45) is 11.5. The second-order valence-corrected chi connectivity index (χ2v) is 7.45. The molecule has 2 rings (SSSR count). The molecule has 0 amide bonds. The molecule has 2 heteroatoms. The molecule has 0 spiro atoms. The third-order valence-corrected chi connectivity index (χ3v) is 5.98. The van der Waals surface area contributed by atoms with Gasteiger partial charge < -0.3 is 5.11 Å². The second kappa shape index (κ2) is 7.47. The standard InChI is InChI=1S/C19H32O2/c1-4-5-6-7-17(19(20)21)16-11-9-14(3)15-10-8-13(2)12-18(15)16/h12,14-18H,4-11H2,1-3H3,(H,20,21)/t14-,15+,16+,17+,18+/m1/s1. The van der Waals surface area contributed by atoms with Gasteiger partial charge in [0, 0.05) is 0 Å². The molecule has 2 aliphatic carbocycles. The predicted molar refractivity (Wildman–Crippen MR) is 87.1 cm³/mol. The van der Waals surface area contributed by atoms with Crippen LogP contribution < -0.4 is 0 Å². The maximum atomic E-state index is 11.8. The molecule has 0 bridgehead atoms. The Balaban J connectivity index is 2.14. The molecule has 2 nitrogen and oxygen atoms in total. The molecule has 0 unspecified atom stereocenters. The Morgan fingerprint density at radius 1 is 1.33 bits per heavy atom. The molecule has 0 aromatic heterocycles. The molecule has 1 saturated carbocycles. The molecule has 1 N–H and O–H groups in total. The molecular formula is C19H32O2. The summed E-state index contributed by atoms with van der Waals surface area (Å²) >= 11 is 0. The molecular weight excluding hydrogens is 260 g/mol. The van der Waals surface area contributed by atoms with E-state index in [0.29, 0.717) is 11.8 Å². The van der Waals surface area contributed by atoms with Crippen LogP contribution in [0.3, 0.4) is 0 Å². The lowest BCUT2D eigenvalue weighted by molar-refractivity contribution is -0.146. The van der Waals surface area contributed by atoms with Gasteiger partial charge in [0.05, 0.1) is 5.92 Å². The van der Waals surface area contributed by atoms with Crippen LogP contribution in [0.15, 0.2) is 11.6 Å². The van der Waals surface area contributed by atoms with Crippen LogP contribution in [-0.2, 0) is 4.79 Å². The van der Waals surface area contributed by atoms with Crippen molar-refractivity contribution < 1.29 is 9.90 Å². The first-order valence-electron chi connectivity index (χ1n) is 8.94.